The maximum atomic E-state index is 3.61. The van der Waals surface area contributed by atoms with E-state index in [0.29, 0.717) is 0 Å². The van der Waals surface area contributed by atoms with Crippen molar-refractivity contribution < 1.29 is 0 Å². The van der Waals surface area contributed by atoms with Gasteiger partial charge in [0.05, 0.1) is 0 Å². The normalized spacial score (nSPS) is 13.5. The van der Waals surface area contributed by atoms with Crippen LogP contribution in [0.2, 0.25) is 0 Å². The van der Waals surface area contributed by atoms with E-state index in [4.69, 9.17) is 0 Å². The first-order chi connectivity index (χ1) is 6.72. The minimum absolute atomic E-state index is 0.838. The Morgan fingerprint density at radius 2 is 1.50 bits per heavy atom. The van der Waals surface area contributed by atoms with Crippen LogP contribution in [0.25, 0.3) is 0 Å². The van der Waals surface area contributed by atoms with Crippen molar-refractivity contribution in [3.05, 3.63) is 0 Å². The Bertz CT molecular complexity index is 110. The molecule has 0 aliphatic heterocycles. The van der Waals surface area contributed by atoms with Gasteiger partial charge in [-0.25, -0.2) is 0 Å². The summed E-state index contributed by atoms with van der Waals surface area (Å²) in [5, 5.41) is 1.18. The predicted octanol–water partition coefficient (Wildman–Crippen LogP) is 5.40. The molecule has 0 bridgehead atoms. The summed E-state index contributed by atoms with van der Waals surface area (Å²) in [6.45, 7) is 6.95. The molecule has 0 N–H and O–H groups in total. The van der Waals surface area contributed by atoms with Crippen LogP contribution in [0.5, 0.6) is 0 Å². The van der Waals surface area contributed by atoms with Crippen molar-refractivity contribution >= 4 is 15.9 Å². The van der Waals surface area contributed by atoms with Gasteiger partial charge < -0.3 is 0 Å². The van der Waals surface area contributed by atoms with Crippen LogP contribution in [-0.2, 0) is 0 Å². The lowest BCUT2D eigenvalue weighted by atomic mass is 9.92. The molecule has 0 fully saturated rings. The second kappa shape index (κ2) is 10.0. The monoisotopic (exact) mass is 262 g/mol. The molecule has 86 valence electrons. The van der Waals surface area contributed by atoms with Gasteiger partial charge in [-0.15, -0.1) is 0 Å². The minimum atomic E-state index is 0.838. The van der Waals surface area contributed by atoms with E-state index in [-0.39, 0.29) is 0 Å². The van der Waals surface area contributed by atoms with Gasteiger partial charge in [0, 0.05) is 5.33 Å². The number of unbranched alkanes of at least 4 members (excludes halogenated alkanes) is 5. The molecule has 0 aromatic heterocycles. The number of alkyl halides is 1. The second-order valence-corrected chi connectivity index (χ2v) is 5.36. The SMILES string of the molecule is CCCCCCCCC(CBr)C(C)C. The van der Waals surface area contributed by atoms with Gasteiger partial charge in [-0.1, -0.05) is 75.2 Å². The van der Waals surface area contributed by atoms with E-state index in [0.717, 1.165) is 11.8 Å². The van der Waals surface area contributed by atoms with Crippen molar-refractivity contribution in [2.45, 2.75) is 65.7 Å². The van der Waals surface area contributed by atoms with Crippen LogP contribution in [-0.4, -0.2) is 5.33 Å². The van der Waals surface area contributed by atoms with Crippen molar-refractivity contribution in [2.75, 3.05) is 5.33 Å². The fourth-order valence-electron chi connectivity index (χ4n) is 1.78. The van der Waals surface area contributed by atoms with E-state index < -0.39 is 0 Å². The van der Waals surface area contributed by atoms with Crippen molar-refractivity contribution in [3.8, 4) is 0 Å². The first-order valence-electron chi connectivity index (χ1n) is 6.28. The third kappa shape index (κ3) is 7.84. The molecule has 0 saturated carbocycles. The molecule has 0 aromatic rings. The van der Waals surface area contributed by atoms with E-state index in [1.807, 2.05) is 0 Å². The molecule has 0 spiro atoms. The smallest absolute Gasteiger partial charge is 0.00621 e. The molecule has 0 nitrogen and oxygen atoms in total. The highest BCUT2D eigenvalue weighted by molar-refractivity contribution is 9.09. The third-order valence-electron chi connectivity index (χ3n) is 3.07. The lowest BCUT2D eigenvalue weighted by Crippen LogP contribution is -2.09. The van der Waals surface area contributed by atoms with Crippen molar-refractivity contribution in [2.24, 2.45) is 11.8 Å². The summed E-state index contributed by atoms with van der Waals surface area (Å²) < 4.78 is 0. The average molecular weight is 263 g/mol. The quantitative estimate of drug-likeness (QED) is 0.385. The fourth-order valence-corrected chi connectivity index (χ4v) is 2.85. The highest BCUT2D eigenvalue weighted by Gasteiger charge is 2.10. The average Bonchev–Trinajstić information content (AvgIpc) is 2.16. The Labute approximate surface area is 99.0 Å². The molecule has 0 aliphatic carbocycles. The van der Waals surface area contributed by atoms with Gasteiger partial charge in [0.15, 0.2) is 0 Å². The van der Waals surface area contributed by atoms with Gasteiger partial charge in [0.1, 0.15) is 0 Å². The van der Waals surface area contributed by atoms with Crippen LogP contribution in [0.15, 0.2) is 0 Å². The Hall–Kier alpha value is 0.480. The molecule has 1 atom stereocenters. The van der Waals surface area contributed by atoms with E-state index >= 15 is 0 Å². The summed E-state index contributed by atoms with van der Waals surface area (Å²) in [4.78, 5) is 0. The van der Waals surface area contributed by atoms with Gasteiger partial charge in [-0.3, -0.25) is 0 Å². The van der Waals surface area contributed by atoms with Crippen LogP contribution in [0, 0.1) is 11.8 Å². The predicted molar refractivity (Wildman–Crippen MR) is 70.1 cm³/mol. The highest BCUT2D eigenvalue weighted by Crippen LogP contribution is 2.21. The van der Waals surface area contributed by atoms with Gasteiger partial charge in [-0.05, 0) is 18.3 Å². The Kier molecular flexibility index (Phi) is 10.4. The molecule has 0 aromatic carbocycles. The van der Waals surface area contributed by atoms with E-state index in [1.165, 1.54) is 50.3 Å². The summed E-state index contributed by atoms with van der Waals surface area (Å²) in [7, 11) is 0. The summed E-state index contributed by atoms with van der Waals surface area (Å²) in [5.41, 5.74) is 0. The minimum Gasteiger partial charge on any atom is -0.0925 e. The zero-order valence-corrected chi connectivity index (χ0v) is 11.8. The molecule has 0 saturated heterocycles. The molecule has 0 radical (unpaired) electrons. The molecule has 0 amide bonds. The number of halogens is 1. The molecule has 0 rings (SSSR count). The summed E-state index contributed by atoms with van der Waals surface area (Å²) in [6, 6.07) is 0. The Morgan fingerprint density at radius 1 is 0.929 bits per heavy atom. The zero-order chi connectivity index (χ0) is 10.8. The number of rotatable bonds is 9. The van der Waals surface area contributed by atoms with Gasteiger partial charge in [0.25, 0.3) is 0 Å². The van der Waals surface area contributed by atoms with Crippen LogP contribution >= 0.6 is 15.9 Å². The molecule has 0 aliphatic rings. The zero-order valence-electron chi connectivity index (χ0n) is 10.2. The highest BCUT2D eigenvalue weighted by atomic mass is 79.9. The summed E-state index contributed by atoms with van der Waals surface area (Å²) in [5.74, 6) is 1.73. The standard InChI is InChI=1S/C13H27Br/c1-4-5-6-7-8-9-10-13(11-14)12(2)3/h12-13H,4-11H2,1-3H3. The number of hydrogen-bond donors (Lipinski definition) is 0. The number of hydrogen-bond acceptors (Lipinski definition) is 0. The molecular weight excluding hydrogens is 236 g/mol. The molecule has 1 heteroatoms. The van der Waals surface area contributed by atoms with Gasteiger partial charge in [0.2, 0.25) is 0 Å². The van der Waals surface area contributed by atoms with Crippen molar-refractivity contribution in [1.29, 1.82) is 0 Å². The lowest BCUT2D eigenvalue weighted by molar-refractivity contribution is 0.383. The largest absolute Gasteiger partial charge is 0.0925 e. The van der Waals surface area contributed by atoms with E-state index in [9.17, 15) is 0 Å². The van der Waals surface area contributed by atoms with Crippen molar-refractivity contribution in [1.82, 2.24) is 0 Å². The van der Waals surface area contributed by atoms with E-state index in [1.54, 1.807) is 0 Å². The van der Waals surface area contributed by atoms with Crippen LogP contribution in [0.4, 0.5) is 0 Å². The first kappa shape index (κ1) is 14.5. The van der Waals surface area contributed by atoms with Gasteiger partial charge in [-0.2, -0.15) is 0 Å². The van der Waals surface area contributed by atoms with Crippen LogP contribution in [0.1, 0.15) is 65.7 Å². The van der Waals surface area contributed by atoms with Crippen molar-refractivity contribution in [3.63, 3.8) is 0 Å². The fraction of sp³-hybridized carbons (Fsp3) is 1.00. The maximum Gasteiger partial charge on any atom is 0.00621 e. The molecule has 1 unspecified atom stereocenters. The summed E-state index contributed by atoms with van der Waals surface area (Å²) in [6.07, 6.45) is 9.95. The van der Waals surface area contributed by atoms with Crippen LogP contribution in [0.3, 0.4) is 0 Å². The molecular formula is C13H27Br. The lowest BCUT2D eigenvalue weighted by Gasteiger charge is -2.17. The first-order valence-corrected chi connectivity index (χ1v) is 7.40. The second-order valence-electron chi connectivity index (χ2n) is 4.71. The van der Waals surface area contributed by atoms with Crippen LogP contribution < -0.4 is 0 Å². The third-order valence-corrected chi connectivity index (χ3v) is 3.90. The van der Waals surface area contributed by atoms with E-state index in [2.05, 4.69) is 36.7 Å². The molecule has 14 heavy (non-hydrogen) atoms. The maximum absolute atomic E-state index is 3.61. The summed E-state index contributed by atoms with van der Waals surface area (Å²) >= 11 is 3.61. The molecule has 0 heterocycles. The topological polar surface area (TPSA) is 0 Å². The Morgan fingerprint density at radius 3 is 2.00 bits per heavy atom. The Balaban J connectivity index is 3.25. The van der Waals surface area contributed by atoms with Gasteiger partial charge >= 0.3 is 0 Å².